The molecule has 3 nitrogen and oxygen atoms in total. The number of ether oxygens (including phenoxy) is 1. The molecule has 1 aromatic carbocycles. The molecule has 0 saturated carbocycles. The Morgan fingerprint density at radius 1 is 1.17 bits per heavy atom. The Bertz CT molecular complexity index is 511. The van der Waals surface area contributed by atoms with Gasteiger partial charge in [-0.3, -0.25) is 4.98 Å². The van der Waals surface area contributed by atoms with Crippen molar-refractivity contribution in [2.45, 2.75) is 6.42 Å². The van der Waals surface area contributed by atoms with Crippen LogP contribution in [0, 0.1) is 0 Å². The van der Waals surface area contributed by atoms with Crippen molar-refractivity contribution in [2.24, 2.45) is 5.73 Å². The second-order valence-corrected chi connectivity index (χ2v) is 4.25. The van der Waals surface area contributed by atoms with Gasteiger partial charge in [0, 0.05) is 23.9 Å². The van der Waals surface area contributed by atoms with E-state index in [9.17, 15) is 0 Å². The highest BCUT2D eigenvalue weighted by Gasteiger charge is 1.98. The molecule has 0 unspecified atom stereocenters. The van der Waals surface area contributed by atoms with E-state index < -0.39 is 0 Å². The van der Waals surface area contributed by atoms with E-state index in [1.807, 2.05) is 42.5 Å². The van der Waals surface area contributed by atoms with Gasteiger partial charge in [0.2, 0.25) is 0 Å². The van der Waals surface area contributed by atoms with Gasteiger partial charge in [-0.05, 0) is 36.4 Å². The van der Waals surface area contributed by atoms with Crippen molar-refractivity contribution >= 4 is 17.2 Å². The summed E-state index contributed by atoms with van der Waals surface area (Å²) >= 11 is 4.89. The summed E-state index contributed by atoms with van der Waals surface area (Å²) in [4.78, 5) is 4.63. The first-order valence-electron chi connectivity index (χ1n) is 5.68. The van der Waals surface area contributed by atoms with Gasteiger partial charge in [-0.2, -0.15) is 0 Å². The van der Waals surface area contributed by atoms with Crippen LogP contribution in [0.25, 0.3) is 0 Å². The number of nitrogens with zero attached hydrogens (tertiary/aromatic N) is 1. The van der Waals surface area contributed by atoms with Crippen LogP contribution in [0.3, 0.4) is 0 Å². The molecule has 0 fully saturated rings. The minimum atomic E-state index is 0.398. The molecule has 0 radical (unpaired) electrons. The Balaban J connectivity index is 1.85. The van der Waals surface area contributed by atoms with E-state index in [2.05, 4.69) is 4.98 Å². The van der Waals surface area contributed by atoms with Crippen molar-refractivity contribution in [3.63, 3.8) is 0 Å². The Hall–Kier alpha value is -1.94. The fourth-order valence-electron chi connectivity index (χ4n) is 1.53. The zero-order valence-corrected chi connectivity index (χ0v) is 10.7. The Morgan fingerprint density at radius 2 is 1.94 bits per heavy atom. The van der Waals surface area contributed by atoms with Crippen LogP contribution in [0.1, 0.15) is 11.3 Å². The zero-order chi connectivity index (χ0) is 12.8. The summed E-state index contributed by atoms with van der Waals surface area (Å²) in [5.41, 5.74) is 7.40. The van der Waals surface area contributed by atoms with Crippen LogP contribution in [0.5, 0.6) is 5.75 Å². The summed E-state index contributed by atoms with van der Waals surface area (Å²) in [5, 5.41) is 0. The smallest absolute Gasteiger partial charge is 0.119 e. The second kappa shape index (κ2) is 6.12. The first-order valence-corrected chi connectivity index (χ1v) is 6.09. The van der Waals surface area contributed by atoms with Crippen molar-refractivity contribution in [1.29, 1.82) is 0 Å². The minimum Gasteiger partial charge on any atom is -0.493 e. The molecule has 0 spiro atoms. The standard InChI is InChI=1S/C14H14N2OS/c15-14(18)11-4-6-13(7-5-11)17-10-8-12-3-1-2-9-16-12/h1-7,9H,8,10H2,(H2,15,18). The molecule has 2 aromatic rings. The predicted molar refractivity (Wildman–Crippen MR) is 75.8 cm³/mol. The van der Waals surface area contributed by atoms with Crippen LogP contribution >= 0.6 is 12.2 Å². The van der Waals surface area contributed by atoms with Gasteiger partial charge < -0.3 is 10.5 Å². The monoisotopic (exact) mass is 258 g/mol. The van der Waals surface area contributed by atoms with Gasteiger partial charge in [-0.15, -0.1) is 0 Å². The SMILES string of the molecule is NC(=S)c1ccc(OCCc2ccccn2)cc1. The van der Waals surface area contributed by atoms with Crippen molar-refractivity contribution in [2.75, 3.05) is 6.61 Å². The second-order valence-electron chi connectivity index (χ2n) is 3.81. The molecule has 0 aliphatic heterocycles. The van der Waals surface area contributed by atoms with Gasteiger partial charge in [0.15, 0.2) is 0 Å². The average Bonchev–Trinajstić information content (AvgIpc) is 2.40. The van der Waals surface area contributed by atoms with Crippen molar-refractivity contribution < 1.29 is 4.74 Å². The summed E-state index contributed by atoms with van der Waals surface area (Å²) in [5.74, 6) is 0.811. The third kappa shape index (κ3) is 3.53. The van der Waals surface area contributed by atoms with E-state index in [1.54, 1.807) is 6.20 Å². The molecule has 0 saturated heterocycles. The first-order chi connectivity index (χ1) is 8.75. The Morgan fingerprint density at radius 3 is 2.56 bits per heavy atom. The number of aromatic nitrogens is 1. The van der Waals surface area contributed by atoms with E-state index in [1.165, 1.54) is 0 Å². The van der Waals surface area contributed by atoms with Gasteiger partial charge in [-0.1, -0.05) is 18.3 Å². The predicted octanol–water partition coefficient (Wildman–Crippen LogP) is 2.34. The number of benzene rings is 1. The molecule has 18 heavy (non-hydrogen) atoms. The average molecular weight is 258 g/mol. The zero-order valence-electron chi connectivity index (χ0n) is 9.87. The largest absolute Gasteiger partial charge is 0.493 e. The van der Waals surface area contributed by atoms with E-state index in [0.29, 0.717) is 11.6 Å². The fraction of sp³-hybridized carbons (Fsp3) is 0.143. The molecule has 0 amide bonds. The number of thiocarbonyl (C=S) groups is 1. The Labute approximate surface area is 112 Å². The maximum Gasteiger partial charge on any atom is 0.119 e. The number of pyridine rings is 1. The van der Waals surface area contributed by atoms with E-state index in [0.717, 1.165) is 23.4 Å². The molecule has 92 valence electrons. The molecule has 4 heteroatoms. The van der Waals surface area contributed by atoms with Gasteiger partial charge in [0.1, 0.15) is 10.7 Å². The van der Waals surface area contributed by atoms with Crippen LogP contribution in [-0.4, -0.2) is 16.6 Å². The third-order valence-electron chi connectivity index (χ3n) is 2.49. The van der Waals surface area contributed by atoms with Gasteiger partial charge in [-0.25, -0.2) is 0 Å². The van der Waals surface area contributed by atoms with Crippen LogP contribution in [-0.2, 0) is 6.42 Å². The summed E-state index contributed by atoms with van der Waals surface area (Å²) in [6.07, 6.45) is 2.57. The van der Waals surface area contributed by atoms with Crippen LogP contribution in [0.2, 0.25) is 0 Å². The molecular formula is C14H14N2OS. The maximum absolute atomic E-state index is 5.62. The third-order valence-corrected chi connectivity index (χ3v) is 2.73. The maximum atomic E-state index is 5.62. The van der Waals surface area contributed by atoms with Crippen molar-refractivity contribution in [3.8, 4) is 5.75 Å². The molecule has 2 N–H and O–H groups in total. The van der Waals surface area contributed by atoms with Crippen LogP contribution < -0.4 is 10.5 Å². The fourth-order valence-corrected chi connectivity index (χ4v) is 1.67. The van der Waals surface area contributed by atoms with Crippen LogP contribution in [0.15, 0.2) is 48.7 Å². The lowest BCUT2D eigenvalue weighted by atomic mass is 10.2. The summed E-state index contributed by atoms with van der Waals surface area (Å²) in [6, 6.07) is 13.3. The summed E-state index contributed by atoms with van der Waals surface area (Å²) in [7, 11) is 0. The highest BCUT2D eigenvalue weighted by atomic mass is 32.1. The first kappa shape index (κ1) is 12.5. The van der Waals surface area contributed by atoms with E-state index in [-0.39, 0.29) is 0 Å². The summed E-state index contributed by atoms with van der Waals surface area (Å²) in [6.45, 7) is 0.601. The van der Waals surface area contributed by atoms with Crippen LogP contribution in [0.4, 0.5) is 0 Å². The minimum absolute atomic E-state index is 0.398. The molecule has 1 heterocycles. The number of hydrogen-bond donors (Lipinski definition) is 1. The lowest BCUT2D eigenvalue weighted by molar-refractivity contribution is 0.320. The molecule has 1 aromatic heterocycles. The topological polar surface area (TPSA) is 48.1 Å². The lowest BCUT2D eigenvalue weighted by Gasteiger charge is -2.06. The van der Waals surface area contributed by atoms with Crippen molar-refractivity contribution in [1.82, 2.24) is 4.98 Å². The molecule has 0 aliphatic rings. The molecular weight excluding hydrogens is 244 g/mol. The highest BCUT2D eigenvalue weighted by molar-refractivity contribution is 7.80. The molecule has 2 rings (SSSR count). The van der Waals surface area contributed by atoms with E-state index in [4.69, 9.17) is 22.7 Å². The van der Waals surface area contributed by atoms with Gasteiger partial charge in [0.05, 0.1) is 6.61 Å². The molecule has 0 aliphatic carbocycles. The van der Waals surface area contributed by atoms with Crippen molar-refractivity contribution in [3.05, 3.63) is 59.9 Å². The summed E-state index contributed by atoms with van der Waals surface area (Å²) < 4.78 is 5.62. The van der Waals surface area contributed by atoms with Gasteiger partial charge >= 0.3 is 0 Å². The van der Waals surface area contributed by atoms with Gasteiger partial charge in [0.25, 0.3) is 0 Å². The highest BCUT2D eigenvalue weighted by Crippen LogP contribution is 2.12. The van der Waals surface area contributed by atoms with E-state index >= 15 is 0 Å². The normalized spacial score (nSPS) is 10.0. The lowest BCUT2D eigenvalue weighted by Crippen LogP contribution is -2.09. The Kier molecular flexibility index (Phi) is 4.25. The molecule has 0 atom stereocenters. The number of nitrogens with two attached hydrogens (primary N) is 1. The number of rotatable bonds is 5. The molecule has 0 bridgehead atoms. The number of hydrogen-bond acceptors (Lipinski definition) is 3. The quantitative estimate of drug-likeness (QED) is 0.836.